The first kappa shape index (κ1) is 9.12. The molecule has 1 aromatic rings. The Morgan fingerprint density at radius 2 is 2.46 bits per heavy atom. The van der Waals surface area contributed by atoms with E-state index in [9.17, 15) is 0 Å². The third kappa shape index (κ3) is 2.07. The Morgan fingerprint density at radius 3 is 2.92 bits per heavy atom. The Kier molecular flexibility index (Phi) is 2.62. The van der Waals surface area contributed by atoms with Gasteiger partial charge >= 0.3 is 0 Å². The second-order valence-electron chi connectivity index (χ2n) is 3.41. The van der Waals surface area contributed by atoms with Gasteiger partial charge in [-0.15, -0.1) is 11.3 Å². The van der Waals surface area contributed by atoms with Crippen LogP contribution in [0.1, 0.15) is 23.7 Å². The van der Waals surface area contributed by atoms with Crippen LogP contribution in [-0.2, 0) is 4.74 Å². The van der Waals surface area contributed by atoms with Crippen molar-refractivity contribution >= 4 is 11.3 Å². The van der Waals surface area contributed by atoms with Crippen molar-refractivity contribution < 1.29 is 4.74 Å². The summed E-state index contributed by atoms with van der Waals surface area (Å²) < 4.78 is 5.10. The van der Waals surface area contributed by atoms with Gasteiger partial charge in [-0.2, -0.15) is 0 Å². The number of nitrogens with zero attached hydrogens (tertiary/aromatic N) is 1. The minimum Gasteiger partial charge on any atom is -0.378 e. The van der Waals surface area contributed by atoms with E-state index in [2.05, 4.69) is 22.6 Å². The van der Waals surface area contributed by atoms with Gasteiger partial charge in [-0.25, -0.2) is 4.98 Å². The van der Waals surface area contributed by atoms with Crippen LogP contribution in [0, 0.1) is 6.92 Å². The first-order valence-corrected chi connectivity index (χ1v) is 5.39. The van der Waals surface area contributed by atoms with Crippen LogP contribution in [0.15, 0.2) is 5.38 Å². The van der Waals surface area contributed by atoms with Gasteiger partial charge in [0.05, 0.1) is 30.0 Å². The van der Waals surface area contributed by atoms with Crippen molar-refractivity contribution in [2.75, 3.05) is 13.2 Å². The molecule has 1 aliphatic rings. The van der Waals surface area contributed by atoms with Crippen LogP contribution in [-0.4, -0.2) is 24.2 Å². The van der Waals surface area contributed by atoms with E-state index in [0.29, 0.717) is 12.1 Å². The van der Waals surface area contributed by atoms with E-state index in [0.717, 1.165) is 23.9 Å². The number of ether oxygens (including phenoxy) is 1. The van der Waals surface area contributed by atoms with Crippen molar-refractivity contribution in [3.05, 3.63) is 16.1 Å². The summed E-state index contributed by atoms with van der Waals surface area (Å²) in [5.41, 5.74) is 1.15. The molecule has 0 saturated carbocycles. The Hall–Kier alpha value is -0.450. The van der Waals surface area contributed by atoms with E-state index < -0.39 is 0 Å². The zero-order valence-corrected chi connectivity index (χ0v) is 8.73. The molecule has 2 rings (SSSR count). The normalized spacial score (nSPS) is 19.8. The number of hydrogen-bond acceptors (Lipinski definition) is 4. The van der Waals surface area contributed by atoms with Gasteiger partial charge in [-0.3, -0.25) is 0 Å². The first-order chi connectivity index (χ1) is 6.25. The maximum absolute atomic E-state index is 5.10. The molecule has 4 heteroatoms. The minimum atomic E-state index is 0.346. The second-order valence-corrected chi connectivity index (χ2v) is 4.48. The summed E-state index contributed by atoms with van der Waals surface area (Å²) >= 11 is 1.70. The second kappa shape index (κ2) is 3.74. The van der Waals surface area contributed by atoms with Crippen LogP contribution < -0.4 is 5.32 Å². The lowest BCUT2D eigenvalue weighted by Crippen LogP contribution is -2.46. The Bertz CT molecular complexity index is 283. The molecule has 1 atom stereocenters. The number of nitrogens with one attached hydrogen (secondary N) is 1. The molecular formula is C9H14N2OS. The minimum absolute atomic E-state index is 0.346. The fraction of sp³-hybridized carbons (Fsp3) is 0.667. The SMILES string of the molecule is Cc1nc(C(C)NC2COC2)cs1. The molecular weight excluding hydrogens is 184 g/mol. The lowest BCUT2D eigenvalue weighted by molar-refractivity contribution is -0.00941. The van der Waals surface area contributed by atoms with Crippen molar-refractivity contribution in [2.24, 2.45) is 0 Å². The number of aryl methyl sites for hydroxylation is 1. The molecule has 0 radical (unpaired) electrons. The molecule has 0 spiro atoms. The predicted octanol–water partition coefficient (Wildman–Crippen LogP) is 1.50. The highest BCUT2D eigenvalue weighted by molar-refractivity contribution is 7.09. The van der Waals surface area contributed by atoms with E-state index in [-0.39, 0.29) is 0 Å². The summed E-state index contributed by atoms with van der Waals surface area (Å²) in [6.07, 6.45) is 0. The van der Waals surface area contributed by atoms with Gasteiger partial charge in [0.25, 0.3) is 0 Å². The number of hydrogen-bond donors (Lipinski definition) is 1. The molecule has 2 heterocycles. The highest BCUT2D eigenvalue weighted by Crippen LogP contribution is 2.17. The van der Waals surface area contributed by atoms with Gasteiger partial charge in [-0.1, -0.05) is 0 Å². The first-order valence-electron chi connectivity index (χ1n) is 4.51. The lowest BCUT2D eigenvalue weighted by Gasteiger charge is -2.29. The molecule has 1 N–H and O–H groups in total. The van der Waals surface area contributed by atoms with Crippen molar-refractivity contribution in [1.82, 2.24) is 10.3 Å². The Balaban J connectivity index is 1.92. The summed E-state index contributed by atoms with van der Waals surface area (Å²) in [4.78, 5) is 4.44. The molecule has 1 fully saturated rings. The summed E-state index contributed by atoms with van der Waals surface area (Å²) in [6, 6.07) is 0.871. The lowest BCUT2D eigenvalue weighted by atomic mass is 10.2. The molecule has 72 valence electrons. The summed E-state index contributed by atoms with van der Waals surface area (Å²) in [5.74, 6) is 0. The van der Waals surface area contributed by atoms with Crippen molar-refractivity contribution in [1.29, 1.82) is 0 Å². The fourth-order valence-electron chi connectivity index (χ4n) is 1.35. The van der Waals surface area contributed by atoms with E-state index in [1.165, 1.54) is 0 Å². The van der Waals surface area contributed by atoms with Gasteiger partial charge in [0, 0.05) is 11.4 Å². The van der Waals surface area contributed by atoms with Crippen LogP contribution in [0.4, 0.5) is 0 Å². The molecule has 1 unspecified atom stereocenters. The molecule has 1 aliphatic heterocycles. The number of thiazole rings is 1. The molecule has 1 aromatic heterocycles. The van der Waals surface area contributed by atoms with E-state index in [4.69, 9.17) is 4.74 Å². The largest absolute Gasteiger partial charge is 0.378 e. The zero-order valence-electron chi connectivity index (χ0n) is 7.91. The molecule has 0 aromatic carbocycles. The highest BCUT2D eigenvalue weighted by Gasteiger charge is 2.21. The Labute approximate surface area is 82.1 Å². The maximum atomic E-state index is 5.10. The standard InChI is InChI=1S/C9H14N2OS/c1-6(10-8-3-12-4-8)9-5-13-7(2)11-9/h5-6,8,10H,3-4H2,1-2H3. The van der Waals surface area contributed by atoms with Crippen molar-refractivity contribution in [3.8, 4) is 0 Å². The van der Waals surface area contributed by atoms with Gasteiger partial charge in [-0.05, 0) is 13.8 Å². The predicted molar refractivity (Wildman–Crippen MR) is 53.0 cm³/mol. The molecule has 0 amide bonds. The van der Waals surface area contributed by atoms with Crippen molar-refractivity contribution in [2.45, 2.75) is 25.9 Å². The summed E-state index contributed by atoms with van der Waals surface area (Å²) in [7, 11) is 0. The highest BCUT2D eigenvalue weighted by atomic mass is 32.1. The molecule has 0 bridgehead atoms. The third-order valence-electron chi connectivity index (χ3n) is 2.20. The summed E-state index contributed by atoms with van der Waals surface area (Å²) in [6.45, 7) is 5.86. The van der Waals surface area contributed by atoms with Gasteiger partial charge in [0.2, 0.25) is 0 Å². The Morgan fingerprint density at radius 1 is 1.69 bits per heavy atom. The van der Waals surface area contributed by atoms with Crippen molar-refractivity contribution in [3.63, 3.8) is 0 Å². The van der Waals surface area contributed by atoms with Crippen LogP contribution in [0.5, 0.6) is 0 Å². The van der Waals surface area contributed by atoms with E-state index >= 15 is 0 Å². The quantitative estimate of drug-likeness (QED) is 0.799. The zero-order chi connectivity index (χ0) is 9.26. The smallest absolute Gasteiger partial charge is 0.0898 e. The van der Waals surface area contributed by atoms with Crippen LogP contribution in [0.25, 0.3) is 0 Å². The maximum Gasteiger partial charge on any atom is 0.0898 e. The monoisotopic (exact) mass is 198 g/mol. The molecule has 1 saturated heterocycles. The van der Waals surface area contributed by atoms with Gasteiger partial charge < -0.3 is 10.1 Å². The van der Waals surface area contributed by atoms with Crippen LogP contribution in [0.2, 0.25) is 0 Å². The average Bonchev–Trinajstić information content (AvgIpc) is 2.44. The topological polar surface area (TPSA) is 34.2 Å². The summed E-state index contributed by atoms with van der Waals surface area (Å²) in [5, 5.41) is 6.72. The third-order valence-corrected chi connectivity index (χ3v) is 3.00. The molecule has 13 heavy (non-hydrogen) atoms. The number of aromatic nitrogens is 1. The van der Waals surface area contributed by atoms with Crippen LogP contribution in [0.3, 0.4) is 0 Å². The fourth-order valence-corrected chi connectivity index (χ4v) is 2.06. The van der Waals surface area contributed by atoms with E-state index in [1.807, 2.05) is 6.92 Å². The molecule has 3 nitrogen and oxygen atoms in total. The number of rotatable bonds is 3. The van der Waals surface area contributed by atoms with Crippen LogP contribution >= 0.6 is 11.3 Å². The van der Waals surface area contributed by atoms with Gasteiger partial charge in [0.15, 0.2) is 0 Å². The van der Waals surface area contributed by atoms with E-state index in [1.54, 1.807) is 11.3 Å². The average molecular weight is 198 g/mol. The molecule has 0 aliphatic carbocycles. The van der Waals surface area contributed by atoms with Gasteiger partial charge in [0.1, 0.15) is 0 Å².